The summed E-state index contributed by atoms with van der Waals surface area (Å²) >= 11 is 3.44. The van der Waals surface area contributed by atoms with Crippen LogP contribution >= 0.6 is 15.9 Å². The molecule has 1 aromatic heterocycles. The van der Waals surface area contributed by atoms with Gasteiger partial charge in [-0.25, -0.2) is 4.68 Å². The van der Waals surface area contributed by atoms with Crippen LogP contribution < -0.4 is 4.74 Å². The number of hydrogen-bond donors (Lipinski definition) is 0. The minimum Gasteiger partial charge on any atom is -0.463 e. The molecule has 7 heteroatoms. The lowest BCUT2D eigenvalue weighted by atomic mass is 10.2. The summed E-state index contributed by atoms with van der Waals surface area (Å²) in [5.41, 5.74) is 0.989. The van der Waals surface area contributed by atoms with Crippen LogP contribution in [0.5, 0.6) is 6.01 Å². The van der Waals surface area contributed by atoms with E-state index in [1.807, 2.05) is 31.2 Å². The van der Waals surface area contributed by atoms with Gasteiger partial charge in [-0.05, 0) is 25.1 Å². The van der Waals surface area contributed by atoms with E-state index in [0.29, 0.717) is 19.3 Å². The van der Waals surface area contributed by atoms with Gasteiger partial charge in [0.25, 0.3) is 0 Å². The Morgan fingerprint density at radius 1 is 1.23 bits per heavy atom. The number of hydrogen-bond acceptors (Lipinski definition) is 4. The van der Waals surface area contributed by atoms with E-state index < -0.39 is 8.80 Å². The van der Waals surface area contributed by atoms with E-state index >= 15 is 0 Å². The SMILES string of the molecule is CCOc1nc(-c2ccc(Br)cc2)n(COCC[SiH](C)C)n1. The minimum atomic E-state index is -0.580. The van der Waals surface area contributed by atoms with Crippen molar-refractivity contribution in [3.63, 3.8) is 0 Å². The molecule has 1 aromatic carbocycles. The quantitative estimate of drug-likeness (QED) is 0.516. The monoisotopic (exact) mass is 383 g/mol. The van der Waals surface area contributed by atoms with Crippen molar-refractivity contribution < 1.29 is 9.47 Å². The van der Waals surface area contributed by atoms with Crippen molar-refractivity contribution in [1.82, 2.24) is 14.8 Å². The Labute approximate surface area is 141 Å². The van der Waals surface area contributed by atoms with Crippen LogP contribution in [0.4, 0.5) is 0 Å². The molecule has 5 nitrogen and oxygen atoms in total. The summed E-state index contributed by atoms with van der Waals surface area (Å²) < 4.78 is 13.9. The maximum atomic E-state index is 5.74. The largest absolute Gasteiger partial charge is 0.463 e. The zero-order chi connectivity index (χ0) is 15.9. The van der Waals surface area contributed by atoms with Crippen LogP contribution in [0.3, 0.4) is 0 Å². The van der Waals surface area contributed by atoms with Gasteiger partial charge < -0.3 is 9.47 Å². The van der Waals surface area contributed by atoms with Gasteiger partial charge in [-0.2, -0.15) is 4.98 Å². The predicted molar refractivity (Wildman–Crippen MR) is 94.0 cm³/mol. The van der Waals surface area contributed by atoms with Crippen molar-refractivity contribution >= 4 is 24.7 Å². The Bertz CT molecular complexity index is 587. The van der Waals surface area contributed by atoms with Crippen molar-refractivity contribution in [1.29, 1.82) is 0 Å². The average molecular weight is 384 g/mol. The molecule has 0 spiro atoms. The number of halogens is 1. The van der Waals surface area contributed by atoms with Gasteiger partial charge in [-0.15, -0.1) is 5.10 Å². The van der Waals surface area contributed by atoms with Crippen LogP contribution in [0.15, 0.2) is 28.7 Å². The molecule has 0 radical (unpaired) electrons. The molecule has 0 aliphatic heterocycles. The van der Waals surface area contributed by atoms with E-state index in [4.69, 9.17) is 9.47 Å². The van der Waals surface area contributed by atoms with Gasteiger partial charge in [0.15, 0.2) is 5.82 Å². The molecule has 120 valence electrons. The molecule has 0 bridgehead atoms. The molecule has 22 heavy (non-hydrogen) atoms. The Balaban J connectivity index is 2.14. The third-order valence-corrected chi connectivity index (χ3v) is 5.00. The molecule has 0 fully saturated rings. The lowest BCUT2D eigenvalue weighted by Gasteiger charge is -2.08. The van der Waals surface area contributed by atoms with E-state index in [1.54, 1.807) is 4.68 Å². The van der Waals surface area contributed by atoms with Gasteiger partial charge in [0.1, 0.15) is 6.73 Å². The molecule has 0 unspecified atom stereocenters. The molecule has 0 saturated heterocycles. The number of nitrogens with zero attached hydrogens (tertiary/aromatic N) is 3. The molecule has 1 heterocycles. The van der Waals surface area contributed by atoms with E-state index in [1.165, 1.54) is 6.04 Å². The summed E-state index contributed by atoms with van der Waals surface area (Å²) in [5.74, 6) is 0.762. The van der Waals surface area contributed by atoms with Crippen LogP contribution in [0.25, 0.3) is 11.4 Å². The highest BCUT2D eigenvalue weighted by molar-refractivity contribution is 9.10. The molecular weight excluding hydrogens is 362 g/mol. The van der Waals surface area contributed by atoms with Crippen LogP contribution in [-0.2, 0) is 11.5 Å². The molecule has 0 atom stereocenters. The highest BCUT2D eigenvalue weighted by Gasteiger charge is 2.13. The molecule has 0 saturated carbocycles. The summed E-state index contributed by atoms with van der Waals surface area (Å²) in [7, 11) is -0.580. The van der Waals surface area contributed by atoms with Gasteiger partial charge in [-0.1, -0.05) is 41.2 Å². The van der Waals surface area contributed by atoms with E-state index in [9.17, 15) is 0 Å². The fourth-order valence-corrected chi connectivity index (χ4v) is 2.79. The van der Waals surface area contributed by atoms with Crippen molar-refractivity contribution in [3.8, 4) is 17.4 Å². The number of benzene rings is 1. The molecule has 0 aliphatic rings. The molecule has 0 N–H and O–H groups in total. The first kappa shape index (κ1) is 17.2. The smallest absolute Gasteiger partial charge is 0.336 e. The predicted octanol–water partition coefficient (Wildman–Crippen LogP) is 3.57. The first-order chi connectivity index (χ1) is 10.6. The van der Waals surface area contributed by atoms with Gasteiger partial charge in [-0.3, -0.25) is 0 Å². The van der Waals surface area contributed by atoms with Crippen molar-refractivity contribution in [3.05, 3.63) is 28.7 Å². The van der Waals surface area contributed by atoms with Crippen molar-refractivity contribution in [2.45, 2.75) is 32.8 Å². The fraction of sp³-hybridized carbons (Fsp3) is 0.467. The first-order valence-corrected chi connectivity index (χ1v) is 11.4. The second kappa shape index (κ2) is 8.45. The zero-order valence-corrected chi connectivity index (χ0v) is 16.0. The topological polar surface area (TPSA) is 49.2 Å². The van der Waals surface area contributed by atoms with Crippen molar-refractivity contribution in [2.75, 3.05) is 13.2 Å². The zero-order valence-electron chi connectivity index (χ0n) is 13.3. The van der Waals surface area contributed by atoms with E-state index in [0.717, 1.165) is 22.5 Å². The average Bonchev–Trinajstić information content (AvgIpc) is 2.88. The molecule has 0 aliphatic carbocycles. The fourth-order valence-electron chi connectivity index (χ4n) is 1.88. The number of aromatic nitrogens is 3. The number of ether oxygens (including phenoxy) is 2. The normalized spacial score (nSPS) is 11.1. The molecule has 2 rings (SSSR count). The third kappa shape index (κ3) is 4.93. The first-order valence-electron chi connectivity index (χ1n) is 7.51. The Morgan fingerprint density at radius 3 is 2.59 bits per heavy atom. The van der Waals surface area contributed by atoms with E-state index in [-0.39, 0.29) is 0 Å². The lowest BCUT2D eigenvalue weighted by Crippen LogP contribution is -2.10. The highest BCUT2D eigenvalue weighted by Crippen LogP contribution is 2.22. The Morgan fingerprint density at radius 2 is 1.95 bits per heavy atom. The van der Waals surface area contributed by atoms with Gasteiger partial charge in [0, 0.05) is 25.4 Å². The summed E-state index contributed by atoms with van der Waals surface area (Å²) in [4.78, 5) is 4.46. The highest BCUT2D eigenvalue weighted by atomic mass is 79.9. The van der Waals surface area contributed by atoms with Crippen molar-refractivity contribution in [2.24, 2.45) is 0 Å². The molecule has 2 aromatic rings. The van der Waals surface area contributed by atoms with E-state index in [2.05, 4.69) is 39.1 Å². The number of rotatable bonds is 8. The molecule has 0 amide bonds. The third-order valence-electron chi connectivity index (χ3n) is 3.08. The van der Waals surface area contributed by atoms with Crippen LogP contribution in [-0.4, -0.2) is 36.8 Å². The van der Waals surface area contributed by atoms with Crippen LogP contribution in [0.2, 0.25) is 19.1 Å². The summed E-state index contributed by atoms with van der Waals surface area (Å²) in [6.45, 7) is 8.27. The van der Waals surface area contributed by atoms with Gasteiger partial charge in [0.2, 0.25) is 0 Å². The second-order valence-electron chi connectivity index (χ2n) is 5.38. The van der Waals surface area contributed by atoms with Crippen LogP contribution in [0, 0.1) is 0 Å². The summed E-state index contributed by atoms with van der Waals surface area (Å²) in [5, 5.41) is 4.37. The van der Waals surface area contributed by atoms with Gasteiger partial charge in [0.05, 0.1) is 6.61 Å². The Hall–Kier alpha value is -1.18. The second-order valence-corrected chi connectivity index (χ2v) is 9.66. The summed E-state index contributed by atoms with van der Waals surface area (Å²) in [6.07, 6.45) is 0. The minimum absolute atomic E-state index is 0.391. The maximum absolute atomic E-state index is 5.74. The maximum Gasteiger partial charge on any atom is 0.336 e. The Kier molecular flexibility index (Phi) is 6.60. The van der Waals surface area contributed by atoms with Gasteiger partial charge >= 0.3 is 6.01 Å². The summed E-state index contributed by atoms with van der Waals surface area (Å²) in [6, 6.07) is 9.53. The van der Waals surface area contributed by atoms with Crippen LogP contribution in [0.1, 0.15) is 6.92 Å². The standard InChI is InChI=1S/C15H22BrN3O2Si/c1-4-21-15-17-14(12-5-7-13(16)8-6-12)19(18-15)11-20-9-10-22(2)3/h5-8,22H,4,9-11H2,1-3H3. The molecular formula is C15H22BrN3O2Si. The lowest BCUT2D eigenvalue weighted by molar-refractivity contribution is 0.0789.